The molecule has 2 N–H and O–H groups in total. The minimum Gasteiger partial charge on any atom is -0.361 e. The molecule has 98 valence electrons. The van der Waals surface area contributed by atoms with Crippen LogP contribution in [0.1, 0.15) is 32.3 Å². The van der Waals surface area contributed by atoms with Crippen LogP contribution < -0.4 is 10.7 Å². The van der Waals surface area contributed by atoms with Gasteiger partial charge < -0.3 is 5.32 Å². The second-order valence-electron chi connectivity index (χ2n) is 3.93. The number of hydrogen-bond acceptors (Lipinski definition) is 2. The fourth-order valence-corrected chi connectivity index (χ4v) is 1.88. The van der Waals surface area contributed by atoms with E-state index in [0.717, 1.165) is 35.1 Å². The van der Waals surface area contributed by atoms with Crippen molar-refractivity contribution in [1.82, 2.24) is 10.7 Å². The van der Waals surface area contributed by atoms with Crippen LogP contribution in [0.25, 0.3) is 0 Å². The first kappa shape index (κ1) is 15.1. The van der Waals surface area contributed by atoms with Crippen LogP contribution in [-0.4, -0.2) is 17.4 Å². The van der Waals surface area contributed by atoms with Gasteiger partial charge in [0.1, 0.15) is 0 Å². The average molecular weight is 328 g/mol. The van der Waals surface area contributed by atoms with Crippen LogP contribution >= 0.6 is 28.1 Å². The molecule has 0 atom stereocenters. The topological polar surface area (TPSA) is 36.4 Å². The van der Waals surface area contributed by atoms with Crippen LogP contribution in [0.5, 0.6) is 0 Å². The van der Waals surface area contributed by atoms with E-state index < -0.39 is 0 Å². The summed E-state index contributed by atoms with van der Waals surface area (Å²) in [5, 5.41) is 7.93. The molecule has 0 aliphatic carbocycles. The van der Waals surface area contributed by atoms with E-state index >= 15 is 0 Å². The van der Waals surface area contributed by atoms with Gasteiger partial charge in [-0.1, -0.05) is 41.4 Å². The molecule has 0 bridgehead atoms. The molecule has 0 unspecified atom stereocenters. The third-order valence-electron chi connectivity index (χ3n) is 2.38. The molecule has 0 aromatic heterocycles. The molecule has 0 aliphatic rings. The molecule has 0 heterocycles. The Morgan fingerprint density at radius 3 is 2.89 bits per heavy atom. The Morgan fingerprint density at radius 1 is 1.44 bits per heavy atom. The molecule has 1 aromatic carbocycles. The van der Waals surface area contributed by atoms with Crippen molar-refractivity contribution >= 4 is 39.0 Å². The molecular weight excluding hydrogens is 310 g/mol. The molecule has 0 radical (unpaired) electrons. The molecular formula is C13H18BrN3S. The first-order chi connectivity index (χ1) is 8.63. The van der Waals surface area contributed by atoms with Crippen molar-refractivity contribution < 1.29 is 0 Å². The first-order valence-electron chi connectivity index (χ1n) is 5.97. The third-order valence-corrected chi connectivity index (χ3v) is 3.11. The van der Waals surface area contributed by atoms with Crippen LogP contribution in [0, 0.1) is 0 Å². The Labute approximate surface area is 122 Å². The fraction of sp³-hybridized carbons (Fsp3) is 0.385. The standard InChI is InChI=1S/C13H18BrN3S/c1-3-4-8-15-13(18)17-16-10(2)11-6-5-7-12(14)9-11/h5-7,9H,3-4,8H2,1-2H3,(H2,15,17,18)/b16-10-. The van der Waals surface area contributed by atoms with Crippen LogP contribution in [0.15, 0.2) is 33.8 Å². The molecule has 3 nitrogen and oxygen atoms in total. The lowest BCUT2D eigenvalue weighted by molar-refractivity contribution is 0.745. The molecule has 1 aromatic rings. The number of nitrogens with zero attached hydrogens (tertiary/aromatic N) is 1. The number of hydrazone groups is 1. The van der Waals surface area contributed by atoms with Gasteiger partial charge in [0, 0.05) is 11.0 Å². The van der Waals surface area contributed by atoms with Crippen molar-refractivity contribution in [3.05, 3.63) is 34.3 Å². The molecule has 5 heteroatoms. The summed E-state index contributed by atoms with van der Waals surface area (Å²) in [6.45, 7) is 4.98. The highest BCUT2D eigenvalue weighted by Gasteiger charge is 1.98. The van der Waals surface area contributed by atoms with Crippen LogP contribution in [0.3, 0.4) is 0 Å². The lowest BCUT2D eigenvalue weighted by Crippen LogP contribution is -2.33. The van der Waals surface area contributed by atoms with E-state index in [1.54, 1.807) is 0 Å². The number of unbranched alkanes of at least 4 members (excludes halogenated alkanes) is 1. The Kier molecular flexibility index (Phi) is 6.90. The summed E-state index contributed by atoms with van der Waals surface area (Å²) in [6.07, 6.45) is 2.26. The molecule has 0 aliphatic heterocycles. The van der Waals surface area contributed by atoms with Gasteiger partial charge in [-0.25, -0.2) is 0 Å². The first-order valence-corrected chi connectivity index (χ1v) is 7.17. The minimum absolute atomic E-state index is 0.567. The van der Waals surface area contributed by atoms with E-state index in [0.29, 0.717) is 5.11 Å². The zero-order valence-electron chi connectivity index (χ0n) is 10.7. The van der Waals surface area contributed by atoms with Crippen molar-refractivity contribution in [2.45, 2.75) is 26.7 Å². The molecule has 18 heavy (non-hydrogen) atoms. The molecule has 0 spiro atoms. The molecule has 0 saturated heterocycles. The van der Waals surface area contributed by atoms with Gasteiger partial charge >= 0.3 is 0 Å². The van der Waals surface area contributed by atoms with Gasteiger partial charge in [0.2, 0.25) is 0 Å². The Hall–Kier alpha value is -0.940. The van der Waals surface area contributed by atoms with Gasteiger partial charge in [0.15, 0.2) is 5.11 Å². The van der Waals surface area contributed by atoms with Gasteiger partial charge in [0.25, 0.3) is 0 Å². The number of thiocarbonyl (C=S) groups is 1. The predicted molar refractivity (Wildman–Crippen MR) is 85.0 cm³/mol. The van der Waals surface area contributed by atoms with E-state index in [1.165, 1.54) is 0 Å². The van der Waals surface area contributed by atoms with Gasteiger partial charge in [-0.05, 0) is 43.3 Å². The van der Waals surface area contributed by atoms with E-state index in [1.807, 2.05) is 31.2 Å². The van der Waals surface area contributed by atoms with Crippen molar-refractivity contribution in [2.24, 2.45) is 5.10 Å². The number of benzene rings is 1. The minimum atomic E-state index is 0.567. The third kappa shape index (κ3) is 5.60. The van der Waals surface area contributed by atoms with Gasteiger partial charge in [-0.3, -0.25) is 5.43 Å². The number of nitrogens with one attached hydrogen (secondary N) is 2. The lowest BCUT2D eigenvalue weighted by Gasteiger charge is -2.07. The highest BCUT2D eigenvalue weighted by atomic mass is 79.9. The second-order valence-corrected chi connectivity index (χ2v) is 5.25. The molecule has 0 amide bonds. The van der Waals surface area contributed by atoms with Gasteiger partial charge in [-0.15, -0.1) is 0 Å². The summed E-state index contributed by atoms with van der Waals surface area (Å²) in [5.74, 6) is 0. The Balaban J connectivity index is 2.49. The van der Waals surface area contributed by atoms with Crippen molar-refractivity contribution in [3.8, 4) is 0 Å². The zero-order valence-corrected chi connectivity index (χ0v) is 13.1. The summed E-state index contributed by atoms with van der Waals surface area (Å²) < 4.78 is 1.04. The summed E-state index contributed by atoms with van der Waals surface area (Å²) in [7, 11) is 0. The quantitative estimate of drug-likeness (QED) is 0.376. The smallest absolute Gasteiger partial charge is 0.186 e. The predicted octanol–water partition coefficient (Wildman–Crippen LogP) is 3.44. The highest BCUT2D eigenvalue weighted by molar-refractivity contribution is 9.10. The summed E-state index contributed by atoms with van der Waals surface area (Å²) in [6, 6.07) is 8.00. The highest BCUT2D eigenvalue weighted by Crippen LogP contribution is 2.12. The van der Waals surface area contributed by atoms with E-state index in [4.69, 9.17) is 12.2 Å². The average Bonchev–Trinajstić information content (AvgIpc) is 2.36. The largest absolute Gasteiger partial charge is 0.361 e. The molecule has 0 fully saturated rings. The number of halogens is 1. The maximum Gasteiger partial charge on any atom is 0.186 e. The van der Waals surface area contributed by atoms with Crippen molar-refractivity contribution in [3.63, 3.8) is 0 Å². The summed E-state index contributed by atoms with van der Waals surface area (Å²) in [5.41, 5.74) is 4.81. The number of hydrogen-bond donors (Lipinski definition) is 2. The van der Waals surface area contributed by atoms with E-state index in [-0.39, 0.29) is 0 Å². The monoisotopic (exact) mass is 327 g/mol. The lowest BCUT2D eigenvalue weighted by atomic mass is 10.1. The molecule has 1 rings (SSSR count). The van der Waals surface area contributed by atoms with Gasteiger partial charge in [0.05, 0.1) is 5.71 Å². The van der Waals surface area contributed by atoms with Gasteiger partial charge in [-0.2, -0.15) is 5.10 Å². The van der Waals surface area contributed by atoms with E-state index in [9.17, 15) is 0 Å². The van der Waals surface area contributed by atoms with Crippen molar-refractivity contribution in [1.29, 1.82) is 0 Å². The number of rotatable bonds is 5. The SMILES string of the molecule is CCCCNC(=S)N/N=C(/C)c1cccc(Br)c1. The zero-order chi connectivity index (χ0) is 13.4. The van der Waals surface area contributed by atoms with Crippen LogP contribution in [0.4, 0.5) is 0 Å². The Morgan fingerprint density at radius 2 is 2.22 bits per heavy atom. The fourth-order valence-electron chi connectivity index (χ4n) is 1.33. The van der Waals surface area contributed by atoms with Crippen molar-refractivity contribution in [2.75, 3.05) is 6.54 Å². The van der Waals surface area contributed by atoms with E-state index in [2.05, 4.69) is 38.7 Å². The summed E-state index contributed by atoms with van der Waals surface area (Å²) in [4.78, 5) is 0. The summed E-state index contributed by atoms with van der Waals surface area (Å²) >= 11 is 8.56. The Bertz CT molecular complexity index is 432. The normalized spacial score (nSPS) is 11.2. The second kappa shape index (κ2) is 8.21. The molecule has 0 saturated carbocycles. The van der Waals surface area contributed by atoms with Crippen LogP contribution in [0.2, 0.25) is 0 Å². The maximum absolute atomic E-state index is 5.12. The maximum atomic E-state index is 5.12. The van der Waals surface area contributed by atoms with Crippen LogP contribution in [-0.2, 0) is 0 Å².